The van der Waals surface area contributed by atoms with E-state index < -0.39 is 13.9 Å². The Kier molecular flexibility index (Phi) is 4.13. The molecule has 0 saturated carbocycles. The van der Waals surface area contributed by atoms with Crippen LogP contribution in [0.15, 0.2) is 30.3 Å². The van der Waals surface area contributed by atoms with Crippen LogP contribution in [0.2, 0.25) is 25.7 Å². The quantitative estimate of drug-likeness (QED) is 0.664. The third-order valence-corrected chi connectivity index (χ3v) is 4.74. The Morgan fingerprint density at radius 3 is 2.74 bits per heavy atom. The van der Waals surface area contributed by atoms with Gasteiger partial charge in [-0.2, -0.15) is 0 Å². The summed E-state index contributed by atoms with van der Waals surface area (Å²) in [5.41, 5.74) is 0.981. The maximum absolute atomic E-state index is 10.3. The molecule has 1 heterocycles. The SMILES string of the molecule is C[Si](C)(C)CCOCC1(O)C=Cc2ccccc2O1. The van der Waals surface area contributed by atoms with E-state index in [-0.39, 0.29) is 6.61 Å². The summed E-state index contributed by atoms with van der Waals surface area (Å²) in [6.07, 6.45) is 3.53. The van der Waals surface area contributed by atoms with E-state index in [2.05, 4.69) is 19.6 Å². The van der Waals surface area contributed by atoms with Crippen molar-refractivity contribution >= 4 is 14.1 Å². The highest BCUT2D eigenvalue weighted by Gasteiger charge is 2.30. The first-order chi connectivity index (χ1) is 8.88. The first kappa shape index (κ1) is 14.3. The van der Waals surface area contributed by atoms with Crippen molar-refractivity contribution in [3.8, 4) is 5.75 Å². The molecule has 4 heteroatoms. The summed E-state index contributed by atoms with van der Waals surface area (Å²) < 4.78 is 11.2. The highest BCUT2D eigenvalue weighted by molar-refractivity contribution is 6.76. The van der Waals surface area contributed by atoms with Gasteiger partial charge in [0.2, 0.25) is 0 Å². The summed E-state index contributed by atoms with van der Waals surface area (Å²) in [4.78, 5) is 0. The van der Waals surface area contributed by atoms with Crippen LogP contribution in [0, 0.1) is 0 Å². The van der Waals surface area contributed by atoms with Crippen LogP contribution in [0.1, 0.15) is 5.56 Å². The third kappa shape index (κ3) is 4.20. The number of benzene rings is 1. The normalized spacial score (nSPS) is 21.9. The lowest BCUT2D eigenvalue weighted by Gasteiger charge is -2.29. The van der Waals surface area contributed by atoms with Crippen molar-refractivity contribution in [2.24, 2.45) is 0 Å². The second-order valence-electron chi connectivity index (χ2n) is 6.18. The molecule has 1 aromatic carbocycles. The molecule has 0 aliphatic carbocycles. The molecule has 1 unspecified atom stereocenters. The van der Waals surface area contributed by atoms with E-state index in [1.54, 1.807) is 6.08 Å². The lowest BCUT2D eigenvalue weighted by atomic mass is 10.1. The van der Waals surface area contributed by atoms with E-state index in [0.717, 1.165) is 11.6 Å². The van der Waals surface area contributed by atoms with Crippen molar-refractivity contribution in [2.75, 3.05) is 13.2 Å². The Hall–Kier alpha value is -1.10. The lowest BCUT2D eigenvalue weighted by Crippen LogP contribution is -2.40. The largest absolute Gasteiger partial charge is 0.456 e. The van der Waals surface area contributed by atoms with Crippen molar-refractivity contribution in [1.82, 2.24) is 0 Å². The summed E-state index contributed by atoms with van der Waals surface area (Å²) in [6, 6.07) is 8.73. The van der Waals surface area contributed by atoms with Gasteiger partial charge >= 0.3 is 0 Å². The number of hydrogen-bond acceptors (Lipinski definition) is 3. The second kappa shape index (κ2) is 5.49. The van der Waals surface area contributed by atoms with Gasteiger partial charge in [-0.05, 0) is 24.3 Å². The molecule has 0 aromatic heterocycles. The van der Waals surface area contributed by atoms with Crippen LogP contribution in [0.25, 0.3) is 6.08 Å². The van der Waals surface area contributed by atoms with Gasteiger partial charge in [-0.25, -0.2) is 0 Å². The van der Waals surface area contributed by atoms with Crippen LogP contribution in [0.3, 0.4) is 0 Å². The van der Waals surface area contributed by atoms with Crippen molar-refractivity contribution in [2.45, 2.75) is 31.5 Å². The van der Waals surface area contributed by atoms with Gasteiger partial charge < -0.3 is 14.6 Å². The van der Waals surface area contributed by atoms with Crippen molar-refractivity contribution in [3.63, 3.8) is 0 Å². The fraction of sp³-hybridized carbons (Fsp3) is 0.467. The molecular formula is C15H22O3Si. The van der Waals surface area contributed by atoms with Crippen LogP contribution >= 0.6 is 0 Å². The van der Waals surface area contributed by atoms with E-state index in [1.165, 1.54) is 0 Å². The molecule has 0 saturated heterocycles. The molecule has 0 bridgehead atoms. The van der Waals surface area contributed by atoms with Crippen molar-refractivity contribution < 1.29 is 14.6 Å². The number of aliphatic hydroxyl groups is 1. The smallest absolute Gasteiger partial charge is 0.251 e. The van der Waals surface area contributed by atoms with E-state index in [9.17, 15) is 5.11 Å². The van der Waals surface area contributed by atoms with Gasteiger partial charge in [0.05, 0.1) is 0 Å². The summed E-state index contributed by atoms with van der Waals surface area (Å²) in [5.74, 6) is -0.644. The fourth-order valence-corrected chi connectivity index (χ4v) is 2.59. The molecule has 1 N–H and O–H groups in total. The molecule has 0 radical (unpaired) electrons. The Morgan fingerprint density at radius 2 is 2.00 bits per heavy atom. The van der Waals surface area contributed by atoms with Crippen LogP contribution in [0.5, 0.6) is 5.75 Å². The van der Waals surface area contributed by atoms with Gasteiger partial charge in [-0.3, -0.25) is 0 Å². The Balaban J connectivity index is 1.88. The van der Waals surface area contributed by atoms with Crippen LogP contribution in [-0.2, 0) is 4.74 Å². The van der Waals surface area contributed by atoms with E-state index in [0.29, 0.717) is 12.4 Å². The summed E-state index contributed by atoms with van der Waals surface area (Å²) in [5, 5.41) is 10.3. The Bertz CT molecular complexity index is 465. The predicted octanol–water partition coefficient (Wildman–Crippen LogP) is 3.14. The minimum atomic E-state index is -1.34. The Morgan fingerprint density at radius 1 is 1.26 bits per heavy atom. The zero-order valence-electron chi connectivity index (χ0n) is 11.8. The Labute approximate surface area is 115 Å². The number of ether oxygens (including phenoxy) is 2. The minimum absolute atomic E-state index is 0.169. The molecule has 3 nitrogen and oxygen atoms in total. The molecule has 1 atom stereocenters. The molecule has 104 valence electrons. The maximum Gasteiger partial charge on any atom is 0.251 e. The fourth-order valence-electron chi connectivity index (χ4n) is 1.83. The third-order valence-electron chi connectivity index (χ3n) is 3.03. The molecule has 1 aliphatic rings. The number of fused-ring (bicyclic) bond motifs is 1. The van der Waals surface area contributed by atoms with Gasteiger partial charge in [-0.15, -0.1) is 0 Å². The van der Waals surface area contributed by atoms with Gasteiger partial charge in [0.15, 0.2) is 0 Å². The van der Waals surface area contributed by atoms with E-state index in [4.69, 9.17) is 9.47 Å². The summed E-state index contributed by atoms with van der Waals surface area (Å²) in [6.45, 7) is 7.76. The van der Waals surface area contributed by atoms with E-state index in [1.807, 2.05) is 30.3 Å². The predicted molar refractivity (Wildman–Crippen MR) is 80.0 cm³/mol. The highest BCUT2D eigenvalue weighted by atomic mass is 28.3. The van der Waals surface area contributed by atoms with E-state index >= 15 is 0 Å². The van der Waals surface area contributed by atoms with Gasteiger partial charge in [0, 0.05) is 20.2 Å². The molecule has 1 aromatic rings. The number of para-hydroxylation sites is 1. The minimum Gasteiger partial charge on any atom is -0.456 e. The topological polar surface area (TPSA) is 38.7 Å². The monoisotopic (exact) mass is 278 g/mol. The molecular weight excluding hydrogens is 256 g/mol. The molecule has 0 fully saturated rings. The molecule has 1 aliphatic heterocycles. The standard InChI is InChI=1S/C15H22O3Si/c1-19(2,3)11-10-17-12-15(16)9-8-13-6-4-5-7-14(13)18-15/h4-9,16H,10-12H2,1-3H3. The second-order valence-corrected chi connectivity index (χ2v) is 11.8. The van der Waals surface area contributed by atoms with Gasteiger partial charge in [0.1, 0.15) is 12.4 Å². The molecule has 19 heavy (non-hydrogen) atoms. The van der Waals surface area contributed by atoms with Crippen molar-refractivity contribution in [3.05, 3.63) is 35.9 Å². The number of rotatable bonds is 5. The van der Waals surface area contributed by atoms with Crippen LogP contribution < -0.4 is 4.74 Å². The van der Waals surface area contributed by atoms with Crippen LogP contribution in [0.4, 0.5) is 0 Å². The molecule has 0 amide bonds. The first-order valence-electron chi connectivity index (χ1n) is 6.65. The summed E-state index contributed by atoms with van der Waals surface area (Å²) >= 11 is 0. The van der Waals surface area contributed by atoms with Gasteiger partial charge in [-0.1, -0.05) is 37.8 Å². The molecule has 0 spiro atoms. The maximum atomic E-state index is 10.3. The highest BCUT2D eigenvalue weighted by Crippen LogP contribution is 2.29. The molecule has 2 rings (SSSR count). The first-order valence-corrected chi connectivity index (χ1v) is 10.4. The lowest BCUT2D eigenvalue weighted by molar-refractivity contribution is -0.141. The van der Waals surface area contributed by atoms with Gasteiger partial charge in [0.25, 0.3) is 5.79 Å². The van der Waals surface area contributed by atoms with Crippen molar-refractivity contribution in [1.29, 1.82) is 0 Å². The number of hydrogen-bond donors (Lipinski definition) is 1. The zero-order valence-corrected chi connectivity index (χ0v) is 12.8. The summed E-state index contributed by atoms with van der Waals surface area (Å²) in [7, 11) is -1.09. The average molecular weight is 278 g/mol. The zero-order chi connectivity index (χ0) is 13.9. The average Bonchev–Trinajstić information content (AvgIpc) is 2.34. The van der Waals surface area contributed by atoms with Crippen LogP contribution in [-0.4, -0.2) is 32.2 Å².